The van der Waals surface area contributed by atoms with Crippen LogP contribution in [0.3, 0.4) is 0 Å². The predicted octanol–water partition coefficient (Wildman–Crippen LogP) is 14.6. The average molecular weight is 1280 g/mol. The van der Waals surface area contributed by atoms with Crippen LogP contribution in [0.25, 0.3) is 0 Å². The van der Waals surface area contributed by atoms with Gasteiger partial charge >= 0.3 is 0 Å². The largest absolute Gasteiger partial charge is 0.409 e. The van der Waals surface area contributed by atoms with E-state index in [1.807, 2.05) is 17.9 Å². The number of ketones is 1. The van der Waals surface area contributed by atoms with E-state index < -0.39 is 55.2 Å². The summed E-state index contributed by atoms with van der Waals surface area (Å²) in [7, 11) is -3.82. The molecule has 0 amide bonds. The molecule has 5 heterocycles. The van der Waals surface area contributed by atoms with Crippen molar-refractivity contribution in [3.63, 3.8) is 0 Å². The lowest BCUT2D eigenvalue weighted by Gasteiger charge is -2.51. The maximum atomic E-state index is 15.0. The molecule has 5 fully saturated rings. The van der Waals surface area contributed by atoms with Gasteiger partial charge in [0.05, 0.1) is 79.9 Å². The van der Waals surface area contributed by atoms with E-state index in [-0.39, 0.29) is 107 Å². The van der Waals surface area contributed by atoms with Gasteiger partial charge in [0.25, 0.3) is 0 Å². The van der Waals surface area contributed by atoms with Gasteiger partial charge in [-0.3, -0.25) is 4.79 Å². The first kappa shape index (κ1) is 69.3. The lowest BCUT2D eigenvalue weighted by molar-refractivity contribution is -0.164. The monoisotopic (exact) mass is 1270 g/mol. The fraction of sp³-hybridized carbons (Fsp3) is 0.871. The lowest BCUT2D eigenvalue weighted by atomic mass is 9.81. The van der Waals surface area contributed by atoms with Crippen LogP contribution < -0.4 is 0 Å². The summed E-state index contributed by atoms with van der Waals surface area (Å²) in [5, 5.41) is -0.269. The predicted molar refractivity (Wildman–Crippen MR) is 333 cm³/mol. The molecule has 5 saturated heterocycles. The maximum absolute atomic E-state index is 15.0. The molecular formula is C62H111IO13Si3. The zero-order valence-electron chi connectivity index (χ0n) is 53.0. The molecule has 5 aliphatic rings. The molecule has 0 N–H and O–H groups in total. The first-order chi connectivity index (χ1) is 36.5. The topological polar surface area (TPSA) is 136 Å². The first-order valence-electron chi connectivity index (χ1n) is 30.1. The Kier molecular flexibility index (Phi) is 24.9. The second-order valence-corrected chi connectivity index (χ2v) is 44.1. The smallest absolute Gasteiger partial charge is 0.193 e. The number of ether oxygens (including phenoxy) is 8. The zero-order chi connectivity index (χ0) is 59.3. The quantitative estimate of drug-likeness (QED) is 0.0334. The summed E-state index contributed by atoms with van der Waals surface area (Å²) in [5.74, 6) is -0.575. The Morgan fingerprint density at radius 2 is 1.37 bits per heavy atom. The molecule has 17 heteroatoms. The standard InChI is InChI=1S/C62H111IO13Si3/c1-40-33-46(28-29-49-41(2)34-44(69-49)26-24-32-64)71-52(42(40)3)38-53-48(55(66-15)54(72-53)37-47-39-68-62(13,14)73-47)36-43(65)35-45-25-23-27-50(70-45)57(75-78(19,20)60(7,8)9)58(76-79(21,22)61(10,11)12)56(67-16)51(30-31-63)74-77(17,18)59(4,5)6/h30-32,40,44-58H,2-3,23-29,33-39H2,1,4-22H3/b31-30+/t40-,44+,45?,46+,47+,48+,49+,50+,51?,52-,53+,54-,55-,56?,57?,58?/m1/s1. The molecule has 0 radical (unpaired) electrons. The second kappa shape index (κ2) is 28.3. The van der Waals surface area contributed by atoms with Gasteiger partial charge in [0.1, 0.15) is 24.3 Å². The van der Waals surface area contributed by atoms with E-state index in [0.29, 0.717) is 25.9 Å². The van der Waals surface area contributed by atoms with E-state index >= 15 is 0 Å². The van der Waals surface area contributed by atoms with E-state index in [9.17, 15) is 9.59 Å². The Bertz CT molecular complexity index is 2030. The van der Waals surface area contributed by atoms with Crippen LogP contribution in [0.5, 0.6) is 0 Å². The molecule has 0 bridgehead atoms. The molecule has 0 aromatic heterocycles. The van der Waals surface area contributed by atoms with Crippen LogP contribution in [-0.2, 0) is 60.8 Å². The van der Waals surface area contributed by atoms with Crippen molar-refractivity contribution in [2.24, 2.45) is 11.8 Å². The summed E-state index contributed by atoms with van der Waals surface area (Å²) in [4.78, 5) is 26.1. The summed E-state index contributed by atoms with van der Waals surface area (Å²) >= 11 is 2.30. The van der Waals surface area contributed by atoms with Crippen LogP contribution in [0.1, 0.15) is 167 Å². The number of Topliss-reactive ketones (excluding diaryl/α,β-unsaturated/α-hetero) is 1. The van der Waals surface area contributed by atoms with Crippen molar-refractivity contribution in [3.05, 3.63) is 34.5 Å². The molecule has 16 atom stereocenters. The van der Waals surface area contributed by atoms with Gasteiger partial charge in [-0.25, -0.2) is 0 Å². The highest BCUT2D eigenvalue weighted by atomic mass is 127. The third-order valence-electron chi connectivity index (χ3n) is 19.5. The number of hydrogen-bond acceptors (Lipinski definition) is 13. The van der Waals surface area contributed by atoms with Gasteiger partial charge in [-0.05, 0) is 147 Å². The second-order valence-electron chi connectivity index (χ2n) is 29.1. The molecule has 0 aliphatic carbocycles. The van der Waals surface area contributed by atoms with Gasteiger partial charge in [0, 0.05) is 52.2 Å². The summed E-state index contributed by atoms with van der Waals surface area (Å²) < 4.78 is 77.9. The minimum absolute atomic E-state index is 0.00271. The molecule has 0 aromatic carbocycles. The van der Waals surface area contributed by atoms with Gasteiger partial charge in [-0.1, -0.05) is 105 Å². The summed E-state index contributed by atoms with van der Waals surface area (Å²) in [6.07, 6.45) is 7.55. The summed E-state index contributed by atoms with van der Waals surface area (Å²) in [6.45, 7) is 49.8. The number of methoxy groups -OCH3 is 2. The van der Waals surface area contributed by atoms with E-state index in [1.54, 1.807) is 14.2 Å². The summed E-state index contributed by atoms with van der Waals surface area (Å²) in [6, 6.07) is 0. The molecule has 0 aromatic rings. The van der Waals surface area contributed by atoms with Crippen molar-refractivity contribution in [3.8, 4) is 0 Å². The molecule has 79 heavy (non-hydrogen) atoms. The molecule has 5 unspecified atom stereocenters. The molecular weight excluding hydrogens is 1160 g/mol. The first-order valence-corrected chi connectivity index (χ1v) is 40.0. The van der Waals surface area contributed by atoms with Gasteiger partial charge in [0.2, 0.25) is 0 Å². The van der Waals surface area contributed by atoms with Crippen molar-refractivity contribution < 1.29 is 60.8 Å². The number of aldehydes is 1. The summed E-state index contributed by atoms with van der Waals surface area (Å²) in [5.41, 5.74) is 2.15. The van der Waals surface area contributed by atoms with Crippen LogP contribution in [0, 0.1) is 11.8 Å². The fourth-order valence-corrected chi connectivity index (χ4v) is 15.9. The molecule has 13 nitrogen and oxygen atoms in total. The number of carbonyl (C=O) groups excluding carboxylic acids is 2. The van der Waals surface area contributed by atoms with Crippen LogP contribution in [0.2, 0.25) is 54.4 Å². The van der Waals surface area contributed by atoms with Crippen molar-refractivity contribution in [1.82, 2.24) is 0 Å². The molecule has 0 spiro atoms. The Morgan fingerprint density at radius 1 is 0.747 bits per heavy atom. The average Bonchev–Trinajstić information content (AvgIpc) is 4.03. The van der Waals surface area contributed by atoms with Gasteiger partial charge in [0.15, 0.2) is 30.7 Å². The number of rotatable bonds is 27. The lowest BCUT2D eigenvalue weighted by Crippen LogP contribution is -2.62. The number of hydrogen-bond donors (Lipinski definition) is 0. The Balaban J connectivity index is 1.43. The third kappa shape index (κ3) is 18.5. The van der Waals surface area contributed by atoms with Crippen LogP contribution in [0.15, 0.2) is 34.5 Å². The van der Waals surface area contributed by atoms with E-state index in [2.05, 4.69) is 150 Å². The van der Waals surface area contributed by atoms with Crippen molar-refractivity contribution >= 4 is 59.6 Å². The minimum atomic E-state index is -2.51. The van der Waals surface area contributed by atoms with E-state index in [4.69, 9.17) is 51.2 Å². The van der Waals surface area contributed by atoms with E-state index in [1.165, 1.54) is 0 Å². The van der Waals surface area contributed by atoms with E-state index in [0.717, 1.165) is 68.8 Å². The highest BCUT2D eigenvalue weighted by Gasteiger charge is 2.54. The number of halogens is 1. The Morgan fingerprint density at radius 3 is 1.94 bits per heavy atom. The molecule has 5 rings (SSSR count). The third-order valence-corrected chi connectivity index (χ3v) is 33.3. The van der Waals surface area contributed by atoms with Crippen LogP contribution in [-0.4, -0.2) is 149 Å². The van der Waals surface area contributed by atoms with Crippen molar-refractivity contribution in [2.45, 2.75) is 312 Å². The Hall–Kier alpha value is -0.499. The van der Waals surface area contributed by atoms with Gasteiger partial charge in [-0.15, -0.1) is 0 Å². The van der Waals surface area contributed by atoms with Gasteiger partial charge in [-0.2, -0.15) is 0 Å². The molecule has 5 aliphatic heterocycles. The van der Waals surface area contributed by atoms with Crippen LogP contribution >= 0.6 is 22.6 Å². The maximum Gasteiger partial charge on any atom is 0.193 e. The van der Waals surface area contributed by atoms with Crippen molar-refractivity contribution in [2.75, 3.05) is 20.8 Å². The SMILES string of the molecule is C=C1C[C@H](CCC=O)O[C@H]1CC[C@H]1C[C@@H](C)C(=C)[C@@H](C[C@@H]2O[C@H](C[C@H]3COC(C)(C)O3)[C@H](OC)[C@H]2CC(=O)CC2CCC[C@@H](C(O[Si](C)(C)C(C)(C)C)C(O[Si](C)(C)C(C)(C)C)C(OC)C(/C=C/I)O[Si](C)(C)C(C)(C)C)O2)O1. The number of carbonyl (C=O) groups is 2. The fourth-order valence-electron chi connectivity index (χ4n) is 11.6. The Labute approximate surface area is 496 Å². The highest BCUT2D eigenvalue weighted by molar-refractivity contribution is 14.1. The highest BCUT2D eigenvalue weighted by Crippen LogP contribution is 2.47. The normalized spacial score (nSPS) is 32.2. The van der Waals surface area contributed by atoms with Crippen LogP contribution in [0.4, 0.5) is 0 Å². The molecule has 0 saturated carbocycles. The zero-order valence-corrected chi connectivity index (χ0v) is 58.1. The molecule has 456 valence electrons. The van der Waals surface area contributed by atoms with Crippen molar-refractivity contribution in [1.29, 1.82) is 0 Å². The minimum Gasteiger partial charge on any atom is -0.409 e. The van der Waals surface area contributed by atoms with Gasteiger partial charge < -0.3 is 56.0 Å².